The highest BCUT2D eigenvalue weighted by Gasteiger charge is 2.22. The number of amides is 1. The lowest BCUT2D eigenvalue weighted by molar-refractivity contribution is 0.0926. The van der Waals surface area contributed by atoms with E-state index in [1.807, 2.05) is 30.3 Å². The fourth-order valence-electron chi connectivity index (χ4n) is 3.26. The molecule has 0 spiro atoms. The predicted molar refractivity (Wildman–Crippen MR) is 100 cm³/mol. The normalized spacial score (nSPS) is 16.2. The van der Waals surface area contributed by atoms with E-state index in [1.54, 1.807) is 0 Å². The minimum absolute atomic E-state index is 0.0438. The molecule has 1 fully saturated rings. The highest BCUT2D eigenvalue weighted by atomic mass is 32.2. The summed E-state index contributed by atoms with van der Waals surface area (Å²) in [7, 11) is -4.17. The lowest BCUT2D eigenvalue weighted by atomic mass is 10.1. The van der Waals surface area contributed by atoms with E-state index >= 15 is 0 Å². The third kappa shape index (κ3) is 4.91. The third-order valence-corrected chi connectivity index (χ3v) is 5.59. The molecule has 0 saturated carbocycles. The molecule has 0 aromatic heterocycles. The Hall–Kier alpha value is -2.29. The Kier molecular flexibility index (Phi) is 5.88. The van der Waals surface area contributed by atoms with Crippen molar-refractivity contribution in [3.8, 4) is 0 Å². The summed E-state index contributed by atoms with van der Waals surface area (Å²) < 4.78 is 36.7. The zero-order valence-corrected chi connectivity index (χ0v) is 15.6. The van der Waals surface area contributed by atoms with Gasteiger partial charge in [-0.15, -0.1) is 0 Å². The molecule has 1 saturated heterocycles. The zero-order valence-electron chi connectivity index (χ0n) is 14.8. The van der Waals surface area contributed by atoms with Crippen molar-refractivity contribution in [2.45, 2.75) is 23.8 Å². The number of sulfonamides is 1. The van der Waals surface area contributed by atoms with Crippen molar-refractivity contribution in [1.82, 2.24) is 10.2 Å². The van der Waals surface area contributed by atoms with Crippen molar-refractivity contribution in [2.75, 3.05) is 19.6 Å². The summed E-state index contributed by atoms with van der Waals surface area (Å²) in [6.07, 6.45) is 2.27. The van der Waals surface area contributed by atoms with Gasteiger partial charge in [-0.05, 0) is 49.7 Å². The van der Waals surface area contributed by atoms with Crippen molar-refractivity contribution in [2.24, 2.45) is 5.14 Å². The number of rotatable bonds is 6. The largest absolute Gasteiger partial charge is 0.344 e. The number of hydrogen-bond donors (Lipinski definition) is 2. The Morgan fingerprint density at radius 1 is 1.15 bits per heavy atom. The van der Waals surface area contributed by atoms with Gasteiger partial charge in [0.05, 0.1) is 6.04 Å². The molecule has 1 aliphatic heterocycles. The lowest BCUT2D eigenvalue weighted by Crippen LogP contribution is -2.37. The number of halogens is 1. The van der Waals surface area contributed by atoms with E-state index in [2.05, 4.69) is 10.2 Å². The van der Waals surface area contributed by atoms with E-state index in [4.69, 9.17) is 5.14 Å². The van der Waals surface area contributed by atoms with Gasteiger partial charge in [0, 0.05) is 12.1 Å². The molecule has 6 nitrogen and oxygen atoms in total. The standard InChI is InChI=1S/C19H22FN3O3S/c20-16-12-15(8-9-18(16)27(21,25)26)19(24)22-17(13-23-10-4-5-11-23)14-6-2-1-3-7-14/h1-3,6-9,12,17H,4-5,10-11,13H2,(H,22,24)(H2,21,25,26)/t17-/m1/s1. The quantitative estimate of drug-likeness (QED) is 0.788. The first-order valence-electron chi connectivity index (χ1n) is 8.75. The van der Waals surface area contributed by atoms with Crippen LogP contribution in [0, 0.1) is 5.82 Å². The fraction of sp³-hybridized carbons (Fsp3) is 0.316. The van der Waals surface area contributed by atoms with Crippen LogP contribution in [0.1, 0.15) is 34.8 Å². The van der Waals surface area contributed by atoms with Crippen molar-refractivity contribution in [3.05, 3.63) is 65.5 Å². The first-order chi connectivity index (χ1) is 12.8. The highest BCUT2D eigenvalue weighted by molar-refractivity contribution is 7.89. The van der Waals surface area contributed by atoms with E-state index in [0.717, 1.165) is 43.6 Å². The molecule has 144 valence electrons. The van der Waals surface area contributed by atoms with Crippen LogP contribution in [0.5, 0.6) is 0 Å². The van der Waals surface area contributed by atoms with Gasteiger partial charge in [0.1, 0.15) is 10.7 Å². The van der Waals surface area contributed by atoms with Crippen molar-refractivity contribution < 1.29 is 17.6 Å². The SMILES string of the molecule is NS(=O)(=O)c1ccc(C(=O)N[C@H](CN2CCCC2)c2ccccc2)cc1F. The highest BCUT2D eigenvalue weighted by Crippen LogP contribution is 2.20. The van der Waals surface area contributed by atoms with Crippen LogP contribution in [0.15, 0.2) is 53.4 Å². The van der Waals surface area contributed by atoms with Crippen LogP contribution in [-0.4, -0.2) is 38.9 Å². The Labute approximate surface area is 158 Å². The number of nitrogens with zero attached hydrogens (tertiary/aromatic N) is 1. The summed E-state index contributed by atoms with van der Waals surface area (Å²) in [6.45, 7) is 2.63. The molecule has 1 atom stereocenters. The second-order valence-corrected chi connectivity index (χ2v) is 8.16. The maximum atomic E-state index is 14.0. The molecule has 0 bridgehead atoms. The van der Waals surface area contributed by atoms with Crippen molar-refractivity contribution >= 4 is 15.9 Å². The van der Waals surface area contributed by atoms with E-state index in [-0.39, 0.29) is 11.6 Å². The number of carbonyl (C=O) groups excluding carboxylic acids is 1. The van der Waals surface area contributed by atoms with Crippen LogP contribution in [0.2, 0.25) is 0 Å². The number of primary sulfonamides is 1. The number of hydrogen-bond acceptors (Lipinski definition) is 4. The van der Waals surface area contributed by atoms with E-state index < -0.39 is 26.6 Å². The minimum atomic E-state index is -4.17. The maximum absolute atomic E-state index is 14.0. The summed E-state index contributed by atoms with van der Waals surface area (Å²) in [5, 5.41) is 7.89. The monoisotopic (exact) mass is 391 g/mol. The molecule has 1 heterocycles. The number of nitrogens with one attached hydrogen (secondary N) is 1. The maximum Gasteiger partial charge on any atom is 0.251 e. The van der Waals surface area contributed by atoms with Crippen molar-refractivity contribution in [1.29, 1.82) is 0 Å². The minimum Gasteiger partial charge on any atom is -0.344 e. The van der Waals surface area contributed by atoms with Gasteiger partial charge in [0.2, 0.25) is 10.0 Å². The van der Waals surface area contributed by atoms with Crippen LogP contribution in [-0.2, 0) is 10.0 Å². The van der Waals surface area contributed by atoms with E-state index in [1.165, 1.54) is 6.07 Å². The summed E-state index contributed by atoms with van der Waals surface area (Å²) in [4.78, 5) is 14.3. The zero-order chi connectivity index (χ0) is 19.4. The number of likely N-dealkylation sites (tertiary alicyclic amines) is 1. The topological polar surface area (TPSA) is 92.5 Å². The summed E-state index contributed by atoms with van der Waals surface area (Å²) >= 11 is 0. The van der Waals surface area contributed by atoms with Crippen molar-refractivity contribution in [3.63, 3.8) is 0 Å². The molecule has 2 aromatic carbocycles. The molecular weight excluding hydrogens is 369 g/mol. The molecule has 0 aliphatic carbocycles. The number of carbonyl (C=O) groups is 1. The second kappa shape index (κ2) is 8.16. The summed E-state index contributed by atoms with van der Waals surface area (Å²) in [5.41, 5.74) is 1.00. The molecule has 3 rings (SSSR count). The molecule has 0 unspecified atom stereocenters. The summed E-state index contributed by atoms with van der Waals surface area (Å²) in [6, 6.07) is 12.5. The molecule has 1 amide bonds. The molecule has 3 N–H and O–H groups in total. The molecule has 1 aliphatic rings. The Morgan fingerprint density at radius 2 is 1.81 bits per heavy atom. The smallest absolute Gasteiger partial charge is 0.251 e. The van der Waals surface area contributed by atoms with Crippen LogP contribution in [0.4, 0.5) is 4.39 Å². The van der Waals surface area contributed by atoms with Gasteiger partial charge in [0.25, 0.3) is 5.91 Å². The second-order valence-electron chi connectivity index (χ2n) is 6.63. The number of benzene rings is 2. The van der Waals surface area contributed by atoms with Gasteiger partial charge in [-0.3, -0.25) is 4.79 Å². The predicted octanol–water partition coefficient (Wildman–Crippen LogP) is 2.04. The molecule has 8 heteroatoms. The van der Waals surface area contributed by atoms with Gasteiger partial charge in [-0.25, -0.2) is 17.9 Å². The van der Waals surface area contributed by atoms with Gasteiger partial charge < -0.3 is 10.2 Å². The average Bonchev–Trinajstić information content (AvgIpc) is 3.14. The molecular formula is C19H22FN3O3S. The number of nitrogens with two attached hydrogens (primary N) is 1. The van der Waals surface area contributed by atoms with Crippen LogP contribution >= 0.6 is 0 Å². The van der Waals surface area contributed by atoms with Gasteiger partial charge in [0.15, 0.2) is 0 Å². The van der Waals surface area contributed by atoms with Crippen LogP contribution in [0.3, 0.4) is 0 Å². The third-order valence-electron chi connectivity index (χ3n) is 4.65. The van der Waals surface area contributed by atoms with Gasteiger partial charge >= 0.3 is 0 Å². The van der Waals surface area contributed by atoms with Gasteiger partial charge in [-0.2, -0.15) is 0 Å². The molecule has 27 heavy (non-hydrogen) atoms. The Morgan fingerprint density at radius 3 is 2.41 bits per heavy atom. The molecule has 0 radical (unpaired) electrons. The Balaban J connectivity index is 1.80. The lowest BCUT2D eigenvalue weighted by Gasteiger charge is -2.25. The first kappa shape index (κ1) is 19.5. The average molecular weight is 391 g/mol. The van der Waals surface area contributed by atoms with E-state index in [0.29, 0.717) is 6.54 Å². The van der Waals surface area contributed by atoms with Gasteiger partial charge in [-0.1, -0.05) is 30.3 Å². The summed E-state index contributed by atoms with van der Waals surface area (Å²) in [5.74, 6) is -1.51. The molecule has 2 aromatic rings. The van der Waals surface area contributed by atoms with Crippen LogP contribution < -0.4 is 10.5 Å². The Bertz CT molecular complexity index is 913. The fourth-order valence-corrected chi connectivity index (χ4v) is 3.85. The van der Waals surface area contributed by atoms with Crippen LogP contribution in [0.25, 0.3) is 0 Å². The van der Waals surface area contributed by atoms with E-state index in [9.17, 15) is 17.6 Å². The first-order valence-corrected chi connectivity index (χ1v) is 10.3.